The molecule has 74 valence electrons. The van der Waals surface area contributed by atoms with Crippen LogP contribution in [0, 0.1) is 11.8 Å². The van der Waals surface area contributed by atoms with E-state index in [1.807, 2.05) is 0 Å². The summed E-state index contributed by atoms with van der Waals surface area (Å²) < 4.78 is 0. The highest BCUT2D eigenvalue weighted by atomic mass is 16.3. The van der Waals surface area contributed by atoms with Crippen LogP contribution in [0.2, 0.25) is 0 Å². The molecule has 0 fully saturated rings. The van der Waals surface area contributed by atoms with Crippen molar-refractivity contribution in [3.05, 3.63) is 23.8 Å². The van der Waals surface area contributed by atoms with Crippen molar-refractivity contribution in [1.29, 1.82) is 0 Å². The zero-order valence-corrected chi connectivity index (χ0v) is 8.71. The number of rotatable bonds is 3. The molecule has 13 heavy (non-hydrogen) atoms. The third-order valence-electron chi connectivity index (χ3n) is 2.96. The van der Waals surface area contributed by atoms with Crippen LogP contribution in [0.25, 0.3) is 0 Å². The van der Waals surface area contributed by atoms with Crippen molar-refractivity contribution in [2.24, 2.45) is 11.8 Å². The fourth-order valence-corrected chi connectivity index (χ4v) is 2.21. The molecule has 0 radical (unpaired) electrons. The molecule has 1 heteroatoms. The quantitative estimate of drug-likeness (QED) is 0.662. The predicted octanol–water partition coefficient (Wildman–Crippen LogP) is 2.92. The normalized spacial score (nSPS) is 28.4. The first-order valence-electron chi connectivity index (χ1n) is 5.08. The highest BCUT2D eigenvalue weighted by Gasteiger charge is 2.23. The van der Waals surface area contributed by atoms with Crippen LogP contribution in [0.3, 0.4) is 0 Å². The van der Waals surface area contributed by atoms with Gasteiger partial charge < -0.3 is 5.11 Å². The van der Waals surface area contributed by atoms with E-state index in [1.54, 1.807) is 0 Å². The second-order valence-corrected chi connectivity index (χ2v) is 4.18. The Bertz CT molecular complexity index is 215. The van der Waals surface area contributed by atoms with Crippen LogP contribution in [-0.2, 0) is 0 Å². The predicted molar refractivity (Wildman–Crippen MR) is 56.5 cm³/mol. The van der Waals surface area contributed by atoms with Crippen molar-refractivity contribution < 1.29 is 5.11 Å². The van der Waals surface area contributed by atoms with E-state index < -0.39 is 0 Å². The summed E-state index contributed by atoms with van der Waals surface area (Å²) in [5.74, 6) is 1.12. The summed E-state index contributed by atoms with van der Waals surface area (Å²) in [6.45, 7) is 8.60. The first-order chi connectivity index (χ1) is 6.15. The average molecular weight is 180 g/mol. The van der Waals surface area contributed by atoms with Gasteiger partial charge in [-0.25, -0.2) is 0 Å². The molecule has 0 heterocycles. The van der Waals surface area contributed by atoms with E-state index in [-0.39, 0.29) is 6.61 Å². The topological polar surface area (TPSA) is 20.2 Å². The molecule has 2 atom stereocenters. The summed E-state index contributed by atoms with van der Waals surface area (Å²) in [6, 6.07) is 0. The van der Waals surface area contributed by atoms with Gasteiger partial charge in [0.15, 0.2) is 0 Å². The van der Waals surface area contributed by atoms with Gasteiger partial charge in [0.25, 0.3) is 0 Å². The molecule has 1 aliphatic rings. The second kappa shape index (κ2) is 4.61. The SMILES string of the molecule is C=C(C)[C@H]1CCC(C)=C[C@H]1CCO. The van der Waals surface area contributed by atoms with Crippen LogP contribution >= 0.6 is 0 Å². The third-order valence-corrected chi connectivity index (χ3v) is 2.96. The maximum Gasteiger partial charge on any atom is 0.0436 e. The number of aliphatic hydroxyl groups is 1. The number of allylic oxidation sites excluding steroid dienone is 3. The Hall–Kier alpha value is -0.560. The zero-order valence-electron chi connectivity index (χ0n) is 8.71. The lowest BCUT2D eigenvalue weighted by Crippen LogP contribution is -2.19. The smallest absolute Gasteiger partial charge is 0.0436 e. The summed E-state index contributed by atoms with van der Waals surface area (Å²) in [5.41, 5.74) is 2.73. The molecule has 0 aromatic rings. The Morgan fingerprint density at radius 1 is 1.69 bits per heavy atom. The summed E-state index contributed by atoms with van der Waals surface area (Å²) in [4.78, 5) is 0. The van der Waals surface area contributed by atoms with E-state index in [0.29, 0.717) is 11.8 Å². The molecular formula is C12H20O. The Balaban J connectivity index is 2.69. The maximum absolute atomic E-state index is 8.95. The van der Waals surface area contributed by atoms with Gasteiger partial charge in [0, 0.05) is 6.61 Å². The molecule has 0 aliphatic heterocycles. The van der Waals surface area contributed by atoms with Gasteiger partial charge in [0.2, 0.25) is 0 Å². The van der Waals surface area contributed by atoms with Gasteiger partial charge in [0.1, 0.15) is 0 Å². The molecule has 0 spiro atoms. The van der Waals surface area contributed by atoms with Gasteiger partial charge in [0.05, 0.1) is 0 Å². The summed E-state index contributed by atoms with van der Waals surface area (Å²) >= 11 is 0. The fourth-order valence-electron chi connectivity index (χ4n) is 2.21. The Labute approximate surface area is 81.2 Å². The second-order valence-electron chi connectivity index (χ2n) is 4.18. The molecule has 0 saturated heterocycles. The van der Waals surface area contributed by atoms with E-state index in [9.17, 15) is 0 Å². The van der Waals surface area contributed by atoms with Crippen LogP contribution in [-0.4, -0.2) is 11.7 Å². The minimum atomic E-state index is 0.290. The average Bonchev–Trinajstić information content (AvgIpc) is 2.04. The molecule has 1 aliphatic carbocycles. The Morgan fingerprint density at radius 2 is 2.38 bits per heavy atom. The molecule has 0 amide bonds. The van der Waals surface area contributed by atoms with Gasteiger partial charge in [-0.3, -0.25) is 0 Å². The highest BCUT2D eigenvalue weighted by molar-refractivity contribution is 5.13. The molecule has 0 unspecified atom stereocenters. The lowest BCUT2D eigenvalue weighted by Gasteiger charge is -2.29. The lowest BCUT2D eigenvalue weighted by molar-refractivity contribution is 0.244. The van der Waals surface area contributed by atoms with Crippen molar-refractivity contribution in [1.82, 2.24) is 0 Å². The van der Waals surface area contributed by atoms with Crippen molar-refractivity contribution in [3.63, 3.8) is 0 Å². The third kappa shape index (κ3) is 2.70. The Kier molecular flexibility index (Phi) is 3.73. The fraction of sp³-hybridized carbons (Fsp3) is 0.667. The summed E-state index contributed by atoms with van der Waals surface area (Å²) in [5, 5.41) is 8.95. The largest absolute Gasteiger partial charge is 0.396 e. The number of hydrogen-bond acceptors (Lipinski definition) is 1. The van der Waals surface area contributed by atoms with E-state index in [2.05, 4.69) is 26.5 Å². The van der Waals surface area contributed by atoms with E-state index in [1.165, 1.54) is 24.0 Å². The monoisotopic (exact) mass is 180 g/mol. The standard InChI is InChI=1S/C12H20O/c1-9(2)12-5-4-10(3)8-11(12)6-7-13/h8,11-13H,1,4-7H2,2-3H3/t11-,12-/m1/s1. The van der Waals surface area contributed by atoms with Gasteiger partial charge in [-0.15, -0.1) is 0 Å². The molecule has 0 saturated carbocycles. The van der Waals surface area contributed by atoms with Gasteiger partial charge in [-0.1, -0.05) is 23.8 Å². The van der Waals surface area contributed by atoms with Crippen molar-refractivity contribution in [2.75, 3.05) is 6.61 Å². The van der Waals surface area contributed by atoms with Gasteiger partial charge in [-0.05, 0) is 44.9 Å². The summed E-state index contributed by atoms with van der Waals surface area (Å²) in [6.07, 6.45) is 5.61. The molecule has 1 N–H and O–H groups in total. The van der Waals surface area contributed by atoms with Crippen molar-refractivity contribution >= 4 is 0 Å². The van der Waals surface area contributed by atoms with Crippen LogP contribution < -0.4 is 0 Å². The first kappa shape index (κ1) is 10.5. The van der Waals surface area contributed by atoms with Crippen LogP contribution in [0.5, 0.6) is 0 Å². The van der Waals surface area contributed by atoms with Gasteiger partial charge >= 0.3 is 0 Å². The first-order valence-corrected chi connectivity index (χ1v) is 5.08. The highest BCUT2D eigenvalue weighted by Crippen LogP contribution is 2.34. The van der Waals surface area contributed by atoms with Crippen LogP contribution in [0.1, 0.15) is 33.1 Å². The maximum atomic E-state index is 8.95. The van der Waals surface area contributed by atoms with E-state index >= 15 is 0 Å². The lowest BCUT2D eigenvalue weighted by atomic mass is 9.76. The molecule has 1 nitrogen and oxygen atoms in total. The summed E-state index contributed by atoms with van der Waals surface area (Å²) in [7, 11) is 0. The van der Waals surface area contributed by atoms with Crippen molar-refractivity contribution in [2.45, 2.75) is 33.1 Å². The van der Waals surface area contributed by atoms with Crippen LogP contribution in [0.15, 0.2) is 23.8 Å². The van der Waals surface area contributed by atoms with E-state index in [4.69, 9.17) is 5.11 Å². The molecule has 0 aromatic carbocycles. The van der Waals surface area contributed by atoms with Crippen molar-refractivity contribution in [3.8, 4) is 0 Å². The Morgan fingerprint density at radius 3 is 2.92 bits per heavy atom. The molecule has 0 bridgehead atoms. The molecular weight excluding hydrogens is 160 g/mol. The van der Waals surface area contributed by atoms with Crippen LogP contribution in [0.4, 0.5) is 0 Å². The minimum Gasteiger partial charge on any atom is -0.396 e. The number of hydrogen-bond donors (Lipinski definition) is 1. The number of aliphatic hydroxyl groups excluding tert-OH is 1. The van der Waals surface area contributed by atoms with E-state index in [0.717, 1.165) is 6.42 Å². The zero-order chi connectivity index (χ0) is 9.84. The molecule has 1 rings (SSSR count). The van der Waals surface area contributed by atoms with Gasteiger partial charge in [-0.2, -0.15) is 0 Å². The minimum absolute atomic E-state index is 0.290. The molecule has 0 aromatic heterocycles.